The Balaban J connectivity index is 1.45. The van der Waals surface area contributed by atoms with Gasteiger partial charge in [-0.3, -0.25) is 9.59 Å². The second-order valence-electron chi connectivity index (χ2n) is 7.88. The van der Waals surface area contributed by atoms with Crippen molar-refractivity contribution in [1.29, 1.82) is 0 Å². The molecule has 31 heavy (non-hydrogen) atoms. The number of carbonyl (C=O) groups excluding carboxylic acids is 2. The SMILES string of the molecule is Cc1cccc(C)c1NC(=O)CNC(=O)CCNS(=O)(=O)c1ccc2c(c1)CCCC2. The largest absolute Gasteiger partial charge is 0.347 e. The van der Waals surface area contributed by atoms with Gasteiger partial charge < -0.3 is 10.6 Å². The summed E-state index contributed by atoms with van der Waals surface area (Å²) in [5.41, 5.74) is 4.91. The highest BCUT2D eigenvalue weighted by atomic mass is 32.2. The van der Waals surface area contributed by atoms with Gasteiger partial charge in [0, 0.05) is 18.7 Å². The molecule has 0 radical (unpaired) electrons. The Morgan fingerprint density at radius 1 is 0.935 bits per heavy atom. The molecule has 3 rings (SSSR count). The Bertz CT molecular complexity index is 1060. The van der Waals surface area contributed by atoms with Gasteiger partial charge in [-0.25, -0.2) is 13.1 Å². The number of carbonyl (C=O) groups is 2. The summed E-state index contributed by atoms with van der Waals surface area (Å²) in [5.74, 6) is -0.731. The lowest BCUT2D eigenvalue weighted by atomic mass is 9.92. The van der Waals surface area contributed by atoms with E-state index in [-0.39, 0.29) is 30.3 Å². The molecule has 2 aromatic rings. The van der Waals surface area contributed by atoms with E-state index in [1.165, 1.54) is 5.56 Å². The Labute approximate surface area is 183 Å². The van der Waals surface area contributed by atoms with E-state index < -0.39 is 15.9 Å². The number of sulfonamides is 1. The molecule has 0 aliphatic heterocycles. The molecule has 8 heteroatoms. The zero-order valence-corrected chi connectivity index (χ0v) is 18.8. The van der Waals surface area contributed by atoms with Gasteiger partial charge in [0.1, 0.15) is 0 Å². The Morgan fingerprint density at radius 3 is 2.32 bits per heavy atom. The number of amides is 2. The molecule has 0 spiro atoms. The molecule has 3 N–H and O–H groups in total. The number of benzene rings is 2. The van der Waals surface area contributed by atoms with Crippen LogP contribution in [0.1, 0.15) is 41.5 Å². The van der Waals surface area contributed by atoms with Crippen molar-refractivity contribution in [1.82, 2.24) is 10.0 Å². The van der Waals surface area contributed by atoms with Crippen LogP contribution in [0.4, 0.5) is 5.69 Å². The number of nitrogens with one attached hydrogen (secondary N) is 3. The molecule has 0 saturated heterocycles. The van der Waals surface area contributed by atoms with Gasteiger partial charge in [-0.2, -0.15) is 0 Å². The zero-order chi connectivity index (χ0) is 22.4. The van der Waals surface area contributed by atoms with Crippen molar-refractivity contribution in [3.8, 4) is 0 Å². The molecule has 0 heterocycles. The second kappa shape index (κ2) is 10.1. The lowest BCUT2D eigenvalue weighted by Crippen LogP contribution is -2.35. The van der Waals surface area contributed by atoms with Crippen LogP contribution in [0.3, 0.4) is 0 Å². The predicted octanol–water partition coefficient (Wildman–Crippen LogP) is 2.61. The van der Waals surface area contributed by atoms with E-state index in [1.807, 2.05) is 38.1 Å². The zero-order valence-electron chi connectivity index (χ0n) is 18.0. The molecule has 1 aliphatic carbocycles. The number of rotatable bonds is 8. The minimum Gasteiger partial charge on any atom is -0.347 e. The molecule has 0 atom stereocenters. The van der Waals surface area contributed by atoms with Gasteiger partial charge in [-0.1, -0.05) is 24.3 Å². The molecule has 0 bridgehead atoms. The van der Waals surface area contributed by atoms with Gasteiger partial charge in [0.15, 0.2) is 0 Å². The maximum Gasteiger partial charge on any atom is 0.243 e. The van der Waals surface area contributed by atoms with E-state index >= 15 is 0 Å². The molecule has 7 nitrogen and oxygen atoms in total. The van der Waals surface area contributed by atoms with Gasteiger partial charge in [0.2, 0.25) is 21.8 Å². The predicted molar refractivity (Wildman–Crippen MR) is 120 cm³/mol. The molecule has 2 aromatic carbocycles. The molecule has 1 aliphatic rings. The second-order valence-corrected chi connectivity index (χ2v) is 9.64. The molecule has 0 unspecified atom stereocenters. The topological polar surface area (TPSA) is 104 Å². The minimum absolute atomic E-state index is 0.0379. The van der Waals surface area contributed by atoms with E-state index in [2.05, 4.69) is 15.4 Å². The number of anilines is 1. The fourth-order valence-electron chi connectivity index (χ4n) is 3.72. The summed E-state index contributed by atoms with van der Waals surface area (Å²) in [5, 5.41) is 5.32. The molecule has 0 saturated carbocycles. The first-order valence-electron chi connectivity index (χ1n) is 10.5. The number of fused-ring (bicyclic) bond motifs is 1. The van der Waals surface area contributed by atoms with E-state index in [4.69, 9.17) is 0 Å². The van der Waals surface area contributed by atoms with Crippen molar-refractivity contribution in [3.05, 3.63) is 58.7 Å². The normalized spacial score (nSPS) is 13.4. The van der Waals surface area contributed by atoms with E-state index in [0.29, 0.717) is 0 Å². The number of para-hydroxylation sites is 1. The van der Waals surface area contributed by atoms with Gasteiger partial charge in [-0.15, -0.1) is 0 Å². The first kappa shape index (κ1) is 23.0. The van der Waals surface area contributed by atoms with Crippen LogP contribution in [0.25, 0.3) is 0 Å². The summed E-state index contributed by atoms with van der Waals surface area (Å²) < 4.78 is 27.5. The molecule has 0 fully saturated rings. The van der Waals surface area contributed by atoms with Gasteiger partial charge in [-0.05, 0) is 73.9 Å². The fraction of sp³-hybridized carbons (Fsp3) is 0.391. The summed E-state index contributed by atoms with van der Waals surface area (Å²) in [6, 6.07) is 10.9. The summed E-state index contributed by atoms with van der Waals surface area (Å²) >= 11 is 0. The molecule has 2 amide bonds. The van der Waals surface area contributed by atoms with Crippen LogP contribution in [-0.2, 0) is 32.5 Å². The van der Waals surface area contributed by atoms with Gasteiger partial charge >= 0.3 is 0 Å². The molecular formula is C23H29N3O4S. The van der Waals surface area contributed by atoms with Crippen LogP contribution < -0.4 is 15.4 Å². The lowest BCUT2D eigenvalue weighted by molar-refractivity contribution is -0.124. The Hall–Kier alpha value is -2.71. The maximum absolute atomic E-state index is 12.5. The van der Waals surface area contributed by atoms with Crippen LogP contribution in [0.15, 0.2) is 41.3 Å². The highest BCUT2D eigenvalue weighted by molar-refractivity contribution is 7.89. The summed E-state index contributed by atoms with van der Waals surface area (Å²) in [6.45, 7) is 3.58. The first-order chi connectivity index (χ1) is 14.8. The monoisotopic (exact) mass is 443 g/mol. The van der Waals surface area contributed by atoms with Crippen molar-refractivity contribution in [2.24, 2.45) is 0 Å². The standard InChI is InChI=1S/C23H29N3O4S/c1-16-6-5-7-17(2)23(16)26-22(28)15-24-21(27)12-13-25-31(29,30)20-11-10-18-8-3-4-9-19(18)14-20/h5-7,10-11,14,25H,3-4,8-9,12-13,15H2,1-2H3,(H,24,27)(H,26,28). The van der Waals surface area contributed by atoms with Gasteiger partial charge in [0.05, 0.1) is 11.4 Å². The van der Waals surface area contributed by atoms with Crippen LogP contribution in [0, 0.1) is 13.8 Å². The smallest absolute Gasteiger partial charge is 0.243 e. The van der Waals surface area contributed by atoms with E-state index in [9.17, 15) is 18.0 Å². The Morgan fingerprint density at radius 2 is 1.61 bits per heavy atom. The van der Waals surface area contributed by atoms with Crippen molar-refractivity contribution >= 4 is 27.5 Å². The van der Waals surface area contributed by atoms with Crippen LogP contribution in [0.2, 0.25) is 0 Å². The van der Waals surface area contributed by atoms with Crippen LogP contribution in [0.5, 0.6) is 0 Å². The summed E-state index contributed by atoms with van der Waals surface area (Å²) in [7, 11) is -3.68. The fourth-order valence-corrected chi connectivity index (χ4v) is 4.80. The van der Waals surface area contributed by atoms with Crippen molar-refractivity contribution in [2.75, 3.05) is 18.4 Å². The average Bonchev–Trinajstić information content (AvgIpc) is 2.74. The van der Waals surface area contributed by atoms with E-state index in [0.717, 1.165) is 48.1 Å². The van der Waals surface area contributed by atoms with Gasteiger partial charge in [0.25, 0.3) is 0 Å². The molecule has 0 aromatic heterocycles. The summed E-state index contributed by atoms with van der Waals surface area (Å²) in [6.07, 6.45) is 4.03. The average molecular weight is 444 g/mol. The Kier molecular flexibility index (Phi) is 7.46. The lowest BCUT2D eigenvalue weighted by Gasteiger charge is -2.16. The number of hydrogen-bond acceptors (Lipinski definition) is 4. The number of hydrogen-bond donors (Lipinski definition) is 3. The maximum atomic E-state index is 12.5. The van der Waals surface area contributed by atoms with Crippen molar-refractivity contribution in [2.45, 2.75) is 50.8 Å². The highest BCUT2D eigenvalue weighted by Crippen LogP contribution is 2.24. The third-order valence-corrected chi connectivity index (χ3v) is 6.92. The third kappa shape index (κ3) is 6.15. The van der Waals surface area contributed by atoms with Crippen LogP contribution in [-0.4, -0.2) is 33.3 Å². The van der Waals surface area contributed by atoms with E-state index in [1.54, 1.807) is 12.1 Å². The van der Waals surface area contributed by atoms with Crippen molar-refractivity contribution in [3.63, 3.8) is 0 Å². The quantitative estimate of drug-likeness (QED) is 0.583. The van der Waals surface area contributed by atoms with Crippen LogP contribution >= 0.6 is 0 Å². The molecule has 166 valence electrons. The molecular weight excluding hydrogens is 414 g/mol. The minimum atomic E-state index is -3.68. The van der Waals surface area contributed by atoms with Crippen molar-refractivity contribution < 1.29 is 18.0 Å². The number of aryl methyl sites for hydroxylation is 4. The first-order valence-corrected chi connectivity index (χ1v) is 12.0. The highest BCUT2D eigenvalue weighted by Gasteiger charge is 2.18. The third-order valence-electron chi connectivity index (χ3n) is 5.47. The summed E-state index contributed by atoms with van der Waals surface area (Å²) in [4.78, 5) is 24.4.